The van der Waals surface area contributed by atoms with Crippen molar-refractivity contribution in [3.63, 3.8) is 0 Å². The molecule has 1 N–H and O–H groups in total. The number of aromatic amines is 1. The molecule has 0 radical (unpaired) electrons. The number of nitrogens with zero attached hydrogens (tertiary/aromatic N) is 2. The van der Waals surface area contributed by atoms with Gasteiger partial charge < -0.3 is 9.88 Å². The Labute approximate surface area is 89.9 Å². The predicted octanol–water partition coefficient (Wildman–Crippen LogP) is 1.22. The molecule has 1 aromatic rings. The van der Waals surface area contributed by atoms with Crippen LogP contribution >= 0.6 is 0 Å². The van der Waals surface area contributed by atoms with E-state index in [1.165, 1.54) is 32.4 Å². The lowest BCUT2D eigenvalue weighted by Gasteiger charge is -2.29. The standard InChI is InChI=1S/C11H19N3O/c1-10(14-8-5-12-11(14)15)9-13-6-3-2-4-7-13/h5,8,10H,2-4,6-7,9H2,1H3,(H,12,15). The lowest BCUT2D eigenvalue weighted by molar-refractivity contribution is 0.200. The second-order valence-corrected chi connectivity index (χ2v) is 4.38. The van der Waals surface area contributed by atoms with Crippen LogP contribution in [0.5, 0.6) is 0 Å². The number of piperidine rings is 1. The molecule has 1 aliphatic heterocycles. The molecular weight excluding hydrogens is 190 g/mol. The van der Waals surface area contributed by atoms with Crippen molar-refractivity contribution in [1.82, 2.24) is 14.5 Å². The van der Waals surface area contributed by atoms with E-state index < -0.39 is 0 Å². The number of rotatable bonds is 3. The zero-order chi connectivity index (χ0) is 10.7. The average molecular weight is 209 g/mol. The third kappa shape index (κ3) is 2.50. The van der Waals surface area contributed by atoms with Crippen LogP contribution in [-0.2, 0) is 0 Å². The number of hydrogen-bond donors (Lipinski definition) is 1. The maximum atomic E-state index is 11.4. The van der Waals surface area contributed by atoms with Gasteiger partial charge in [0.15, 0.2) is 0 Å². The van der Waals surface area contributed by atoms with E-state index in [4.69, 9.17) is 0 Å². The van der Waals surface area contributed by atoms with Gasteiger partial charge in [-0.15, -0.1) is 0 Å². The molecule has 1 aromatic heterocycles. The van der Waals surface area contributed by atoms with Crippen molar-refractivity contribution in [2.75, 3.05) is 19.6 Å². The fraction of sp³-hybridized carbons (Fsp3) is 0.727. The Kier molecular flexibility index (Phi) is 3.26. The molecule has 0 aliphatic carbocycles. The Morgan fingerprint density at radius 2 is 2.13 bits per heavy atom. The summed E-state index contributed by atoms with van der Waals surface area (Å²) in [5.41, 5.74) is -0.000454. The van der Waals surface area contributed by atoms with Gasteiger partial charge in [-0.2, -0.15) is 0 Å². The van der Waals surface area contributed by atoms with Gasteiger partial charge in [0.05, 0.1) is 0 Å². The van der Waals surface area contributed by atoms with E-state index >= 15 is 0 Å². The van der Waals surface area contributed by atoms with Gasteiger partial charge in [0.2, 0.25) is 0 Å². The highest BCUT2D eigenvalue weighted by Crippen LogP contribution is 2.12. The molecule has 4 nitrogen and oxygen atoms in total. The summed E-state index contributed by atoms with van der Waals surface area (Å²) in [6.07, 6.45) is 7.49. The minimum atomic E-state index is -0.000454. The highest BCUT2D eigenvalue weighted by atomic mass is 16.1. The van der Waals surface area contributed by atoms with Crippen molar-refractivity contribution < 1.29 is 0 Å². The fourth-order valence-corrected chi connectivity index (χ4v) is 2.28. The van der Waals surface area contributed by atoms with Gasteiger partial charge in [0.25, 0.3) is 0 Å². The normalized spacial score (nSPS) is 20.3. The SMILES string of the molecule is CC(CN1CCCCC1)n1cc[nH]c1=O. The molecule has 0 bridgehead atoms. The highest BCUT2D eigenvalue weighted by molar-refractivity contribution is 4.81. The summed E-state index contributed by atoms with van der Waals surface area (Å²) in [5.74, 6) is 0. The van der Waals surface area contributed by atoms with Crippen molar-refractivity contribution in [2.24, 2.45) is 0 Å². The smallest absolute Gasteiger partial charge is 0.313 e. The predicted molar refractivity (Wildman–Crippen MR) is 60.1 cm³/mol. The van der Waals surface area contributed by atoms with E-state index in [9.17, 15) is 4.79 Å². The molecule has 1 saturated heterocycles. The summed E-state index contributed by atoms with van der Waals surface area (Å²) in [6, 6.07) is 0.266. The van der Waals surface area contributed by atoms with Gasteiger partial charge in [-0.1, -0.05) is 6.42 Å². The van der Waals surface area contributed by atoms with Crippen LogP contribution in [0.25, 0.3) is 0 Å². The molecule has 0 amide bonds. The summed E-state index contributed by atoms with van der Waals surface area (Å²) in [6.45, 7) is 5.45. The average Bonchev–Trinajstić information content (AvgIpc) is 2.66. The molecular formula is C11H19N3O. The van der Waals surface area contributed by atoms with Crippen molar-refractivity contribution in [3.05, 3.63) is 22.9 Å². The topological polar surface area (TPSA) is 41.0 Å². The van der Waals surface area contributed by atoms with Crippen molar-refractivity contribution in [1.29, 1.82) is 0 Å². The molecule has 1 unspecified atom stereocenters. The van der Waals surface area contributed by atoms with Crippen LogP contribution in [0.15, 0.2) is 17.2 Å². The highest BCUT2D eigenvalue weighted by Gasteiger charge is 2.14. The van der Waals surface area contributed by atoms with Gasteiger partial charge in [-0.25, -0.2) is 4.79 Å². The second kappa shape index (κ2) is 4.66. The van der Waals surface area contributed by atoms with E-state index in [0.717, 1.165) is 6.54 Å². The second-order valence-electron chi connectivity index (χ2n) is 4.38. The van der Waals surface area contributed by atoms with Gasteiger partial charge >= 0.3 is 5.69 Å². The molecule has 1 aliphatic rings. The minimum absolute atomic E-state index is 0.000454. The van der Waals surface area contributed by atoms with E-state index in [1.807, 2.05) is 6.20 Å². The first-order chi connectivity index (χ1) is 7.27. The molecule has 0 spiro atoms. The Morgan fingerprint density at radius 3 is 2.73 bits per heavy atom. The van der Waals surface area contributed by atoms with Gasteiger partial charge in [0.1, 0.15) is 0 Å². The Balaban J connectivity index is 1.94. The summed E-state index contributed by atoms with van der Waals surface area (Å²) >= 11 is 0. The monoisotopic (exact) mass is 209 g/mol. The van der Waals surface area contributed by atoms with E-state index in [1.54, 1.807) is 10.8 Å². The van der Waals surface area contributed by atoms with Crippen LogP contribution in [0, 0.1) is 0 Å². The summed E-state index contributed by atoms with van der Waals surface area (Å²) in [5, 5.41) is 0. The Hall–Kier alpha value is -1.03. The van der Waals surface area contributed by atoms with Gasteiger partial charge in [-0.3, -0.25) is 4.57 Å². The molecule has 0 saturated carbocycles. The molecule has 84 valence electrons. The lowest BCUT2D eigenvalue weighted by Crippen LogP contribution is -2.36. The summed E-state index contributed by atoms with van der Waals surface area (Å²) < 4.78 is 1.77. The first-order valence-electron chi connectivity index (χ1n) is 5.75. The maximum absolute atomic E-state index is 11.4. The number of imidazole rings is 1. The number of H-pyrrole nitrogens is 1. The van der Waals surface area contributed by atoms with Crippen molar-refractivity contribution in [2.45, 2.75) is 32.2 Å². The molecule has 2 heterocycles. The minimum Gasteiger partial charge on any atom is -0.313 e. The number of likely N-dealkylation sites (tertiary alicyclic amines) is 1. The first-order valence-corrected chi connectivity index (χ1v) is 5.75. The van der Waals surface area contributed by atoms with Crippen LogP contribution in [0.3, 0.4) is 0 Å². The Morgan fingerprint density at radius 1 is 1.40 bits per heavy atom. The van der Waals surface area contributed by atoms with E-state index in [-0.39, 0.29) is 11.7 Å². The van der Waals surface area contributed by atoms with Gasteiger partial charge in [-0.05, 0) is 32.9 Å². The lowest BCUT2D eigenvalue weighted by atomic mass is 10.1. The first kappa shape index (κ1) is 10.5. The van der Waals surface area contributed by atoms with Crippen LogP contribution in [0.1, 0.15) is 32.2 Å². The molecule has 1 fully saturated rings. The fourth-order valence-electron chi connectivity index (χ4n) is 2.28. The van der Waals surface area contributed by atoms with Crippen molar-refractivity contribution in [3.8, 4) is 0 Å². The molecule has 0 aromatic carbocycles. The third-order valence-electron chi connectivity index (χ3n) is 3.12. The quantitative estimate of drug-likeness (QED) is 0.813. The largest absolute Gasteiger partial charge is 0.325 e. The number of aromatic nitrogens is 2. The van der Waals surface area contributed by atoms with E-state index in [2.05, 4.69) is 16.8 Å². The third-order valence-corrected chi connectivity index (χ3v) is 3.12. The zero-order valence-corrected chi connectivity index (χ0v) is 9.28. The van der Waals surface area contributed by atoms with Crippen LogP contribution < -0.4 is 5.69 Å². The van der Waals surface area contributed by atoms with Crippen LogP contribution in [0.4, 0.5) is 0 Å². The number of hydrogen-bond acceptors (Lipinski definition) is 2. The van der Waals surface area contributed by atoms with Crippen LogP contribution in [0.2, 0.25) is 0 Å². The van der Waals surface area contributed by atoms with Crippen LogP contribution in [-0.4, -0.2) is 34.1 Å². The van der Waals surface area contributed by atoms with E-state index in [0.29, 0.717) is 0 Å². The van der Waals surface area contributed by atoms with Crippen molar-refractivity contribution >= 4 is 0 Å². The Bertz CT molecular complexity index is 349. The molecule has 1 atom stereocenters. The number of nitrogens with one attached hydrogen (secondary N) is 1. The van der Waals surface area contributed by atoms with Gasteiger partial charge in [0, 0.05) is 25.0 Å². The molecule has 15 heavy (non-hydrogen) atoms. The summed E-state index contributed by atoms with van der Waals surface area (Å²) in [7, 11) is 0. The molecule has 2 rings (SSSR count). The molecule has 4 heteroatoms. The zero-order valence-electron chi connectivity index (χ0n) is 9.28. The maximum Gasteiger partial charge on any atom is 0.325 e. The summed E-state index contributed by atoms with van der Waals surface area (Å²) in [4.78, 5) is 16.5.